The second kappa shape index (κ2) is 7.56. The van der Waals surface area contributed by atoms with Gasteiger partial charge in [-0.05, 0) is 12.1 Å². The summed E-state index contributed by atoms with van der Waals surface area (Å²) in [7, 11) is 0. The van der Waals surface area contributed by atoms with Gasteiger partial charge in [-0.25, -0.2) is 9.59 Å². The number of morpholine rings is 1. The molecule has 2 fully saturated rings. The maximum atomic E-state index is 9.55. The number of hydrogen-bond donors (Lipinski definition) is 3. The van der Waals surface area contributed by atoms with Crippen LogP contribution in [0.5, 0.6) is 0 Å². The summed E-state index contributed by atoms with van der Waals surface area (Å²) in [4.78, 5) is 19.1. The average molecular weight is 342 g/mol. The first-order valence-corrected chi connectivity index (χ1v) is 7.21. The van der Waals surface area contributed by atoms with E-state index in [4.69, 9.17) is 31.3 Å². The minimum atomic E-state index is -1.26. The molecule has 0 aliphatic carbocycles. The molecular weight excluding hydrogens is 326 g/mol. The molecule has 1 aromatic rings. The number of aliphatic carboxylic acids is 2. The number of carboxylic acid groups (broad SMARTS) is 2. The lowest BCUT2D eigenvalue weighted by molar-refractivity contribution is -0.186. The lowest BCUT2D eigenvalue weighted by atomic mass is 10.1. The van der Waals surface area contributed by atoms with Gasteiger partial charge in [0.05, 0.1) is 19.3 Å². The second-order valence-electron chi connectivity index (χ2n) is 4.95. The fourth-order valence-electron chi connectivity index (χ4n) is 2.28. The highest BCUT2D eigenvalue weighted by molar-refractivity contribution is 6.30. The fraction of sp³-hybridized carbons (Fsp3) is 0.333. The number of nitrogens with one attached hydrogen (secondary N) is 1. The molecule has 2 atom stereocenters. The standard InChI is InChI=1S/C11H12ClNO2.C4H4O4/c12-9-3-1-2-8(4-9)11-7-13-5-10(15-11)6-14-11;5-3(6)1-2-4(7)8/h1-4,10,13H,5-7H2;1-2H,(H,5,6)(H,7,8). The van der Waals surface area contributed by atoms with E-state index in [0.717, 1.165) is 12.1 Å². The van der Waals surface area contributed by atoms with Crippen molar-refractivity contribution in [2.75, 3.05) is 19.7 Å². The number of carboxylic acids is 2. The van der Waals surface area contributed by atoms with Crippen LogP contribution in [0.25, 0.3) is 0 Å². The molecule has 0 amide bonds. The van der Waals surface area contributed by atoms with Crippen LogP contribution in [0.4, 0.5) is 0 Å². The second-order valence-corrected chi connectivity index (χ2v) is 5.39. The van der Waals surface area contributed by atoms with Crippen LogP contribution in [-0.4, -0.2) is 48.0 Å². The molecule has 2 saturated heterocycles. The van der Waals surface area contributed by atoms with Gasteiger partial charge in [0.2, 0.25) is 5.79 Å². The van der Waals surface area contributed by atoms with Crippen LogP contribution in [0, 0.1) is 0 Å². The predicted octanol–water partition coefficient (Wildman–Crippen LogP) is 1.22. The summed E-state index contributed by atoms with van der Waals surface area (Å²) in [6.07, 6.45) is 1.28. The zero-order valence-electron chi connectivity index (χ0n) is 12.1. The van der Waals surface area contributed by atoms with Gasteiger partial charge in [-0.1, -0.05) is 23.7 Å². The molecule has 0 saturated carbocycles. The molecule has 1 aromatic carbocycles. The van der Waals surface area contributed by atoms with E-state index >= 15 is 0 Å². The number of carbonyl (C=O) groups is 2. The van der Waals surface area contributed by atoms with Crippen LogP contribution in [0.1, 0.15) is 5.56 Å². The van der Waals surface area contributed by atoms with E-state index < -0.39 is 17.7 Å². The SMILES string of the molecule is Clc1cccc(C23CNCC(CO2)O3)c1.O=C(O)C=CC(=O)O. The molecule has 124 valence electrons. The summed E-state index contributed by atoms with van der Waals surface area (Å²) >= 11 is 5.97. The van der Waals surface area contributed by atoms with E-state index in [2.05, 4.69) is 5.32 Å². The predicted molar refractivity (Wildman–Crippen MR) is 81.2 cm³/mol. The third-order valence-corrected chi connectivity index (χ3v) is 3.46. The van der Waals surface area contributed by atoms with E-state index in [1.807, 2.05) is 24.3 Å². The minimum absolute atomic E-state index is 0.165. The first kappa shape index (κ1) is 17.4. The summed E-state index contributed by atoms with van der Waals surface area (Å²) in [5.41, 5.74) is 0.990. The van der Waals surface area contributed by atoms with Crippen LogP contribution in [0.3, 0.4) is 0 Å². The van der Waals surface area contributed by atoms with E-state index in [0.29, 0.717) is 30.3 Å². The van der Waals surface area contributed by atoms with Crippen LogP contribution in [0.15, 0.2) is 36.4 Å². The van der Waals surface area contributed by atoms with Gasteiger partial charge in [-0.2, -0.15) is 0 Å². The van der Waals surface area contributed by atoms with Crippen molar-refractivity contribution in [1.29, 1.82) is 0 Å². The van der Waals surface area contributed by atoms with Crippen LogP contribution < -0.4 is 5.32 Å². The fourth-order valence-corrected chi connectivity index (χ4v) is 2.47. The van der Waals surface area contributed by atoms with Crippen molar-refractivity contribution in [3.05, 3.63) is 47.0 Å². The third kappa shape index (κ3) is 4.77. The Kier molecular flexibility index (Phi) is 5.73. The number of ether oxygens (including phenoxy) is 2. The van der Waals surface area contributed by atoms with Crippen LogP contribution >= 0.6 is 11.6 Å². The zero-order valence-corrected chi connectivity index (χ0v) is 12.8. The summed E-state index contributed by atoms with van der Waals surface area (Å²) < 4.78 is 11.6. The van der Waals surface area contributed by atoms with Gasteiger partial charge in [0.1, 0.15) is 0 Å². The van der Waals surface area contributed by atoms with Gasteiger partial charge < -0.3 is 25.0 Å². The topological polar surface area (TPSA) is 105 Å². The monoisotopic (exact) mass is 341 g/mol. The molecule has 0 spiro atoms. The molecule has 2 bridgehead atoms. The highest BCUT2D eigenvalue weighted by Gasteiger charge is 2.46. The van der Waals surface area contributed by atoms with Gasteiger partial charge in [0, 0.05) is 29.3 Å². The van der Waals surface area contributed by atoms with E-state index in [1.165, 1.54) is 0 Å². The Morgan fingerprint density at radius 3 is 2.61 bits per heavy atom. The van der Waals surface area contributed by atoms with Gasteiger partial charge in [-0.3, -0.25) is 0 Å². The Morgan fingerprint density at radius 1 is 1.30 bits per heavy atom. The maximum absolute atomic E-state index is 9.55. The summed E-state index contributed by atoms with van der Waals surface area (Å²) in [6.45, 7) is 2.20. The largest absolute Gasteiger partial charge is 0.478 e. The number of rotatable bonds is 3. The smallest absolute Gasteiger partial charge is 0.328 e. The first-order chi connectivity index (χ1) is 10.9. The Bertz CT molecular complexity index is 600. The van der Waals surface area contributed by atoms with Crippen molar-refractivity contribution in [1.82, 2.24) is 5.32 Å². The Hall–Kier alpha value is -1.93. The number of halogens is 1. The molecule has 3 rings (SSSR count). The Labute approximate surface area is 137 Å². The van der Waals surface area contributed by atoms with Crippen molar-refractivity contribution >= 4 is 23.5 Å². The highest BCUT2D eigenvalue weighted by Crippen LogP contribution is 2.36. The quantitative estimate of drug-likeness (QED) is 0.710. The molecule has 2 unspecified atom stereocenters. The third-order valence-electron chi connectivity index (χ3n) is 3.22. The van der Waals surface area contributed by atoms with Crippen molar-refractivity contribution in [3.63, 3.8) is 0 Å². The van der Waals surface area contributed by atoms with E-state index in [-0.39, 0.29) is 6.10 Å². The maximum Gasteiger partial charge on any atom is 0.328 e. The summed E-state index contributed by atoms with van der Waals surface area (Å²) in [6, 6.07) is 7.66. The van der Waals surface area contributed by atoms with Crippen molar-refractivity contribution in [2.24, 2.45) is 0 Å². The average Bonchev–Trinajstić information content (AvgIpc) is 2.82. The lowest BCUT2D eigenvalue weighted by Gasteiger charge is -2.32. The van der Waals surface area contributed by atoms with Gasteiger partial charge in [-0.15, -0.1) is 0 Å². The highest BCUT2D eigenvalue weighted by atomic mass is 35.5. The molecule has 2 aliphatic rings. The molecule has 7 nitrogen and oxygen atoms in total. The molecule has 0 radical (unpaired) electrons. The Balaban J connectivity index is 0.000000207. The normalized spacial score (nSPS) is 25.7. The van der Waals surface area contributed by atoms with Gasteiger partial charge in [0.15, 0.2) is 0 Å². The first-order valence-electron chi connectivity index (χ1n) is 6.84. The summed E-state index contributed by atoms with van der Waals surface area (Å²) in [5.74, 6) is -3.13. The molecule has 0 aromatic heterocycles. The van der Waals surface area contributed by atoms with E-state index in [9.17, 15) is 9.59 Å². The molecule has 8 heteroatoms. The number of benzene rings is 1. The molecule has 2 heterocycles. The Morgan fingerprint density at radius 2 is 2.00 bits per heavy atom. The molecule has 2 aliphatic heterocycles. The molecule has 3 N–H and O–H groups in total. The number of fused-ring (bicyclic) bond motifs is 2. The van der Waals surface area contributed by atoms with Crippen molar-refractivity contribution < 1.29 is 29.3 Å². The molecular formula is C15H16ClNO6. The van der Waals surface area contributed by atoms with Crippen molar-refractivity contribution in [3.8, 4) is 0 Å². The minimum Gasteiger partial charge on any atom is -0.478 e. The number of hydrogen-bond acceptors (Lipinski definition) is 5. The van der Waals surface area contributed by atoms with E-state index in [1.54, 1.807) is 0 Å². The summed E-state index contributed by atoms with van der Waals surface area (Å²) in [5, 5.41) is 19.6. The zero-order chi connectivity index (χ0) is 16.9. The van der Waals surface area contributed by atoms with Crippen molar-refractivity contribution in [2.45, 2.75) is 11.9 Å². The lowest BCUT2D eigenvalue weighted by Crippen LogP contribution is -2.46. The van der Waals surface area contributed by atoms with Crippen LogP contribution in [0.2, 0.25) is 5.02 Å². The van der Waals surface area contributed by atoms with Crippen LogP contribution in [-0.2, 0) is 24.8 Å². The molecule has 23 heavy (non-hydrogen) atoms. The van der Waals surface area contributed by atoms with Gasteiger partial charge >= 0.3 is 11.9 Å². The van der Waals surface area contributed by atoms with Gasteiger partial charge in [0.25, 0.3) is 0 Å².